The summed E-state index contributed by atoms with van der Waals surface area (Å²) in [4.78, 5) is 13.3. The van der Waals surface area contributed by atoms with Gasteiger partial charge in [0.1, 0.15) is 5.82 Å². The maximum absolute atomic E-state index is 13.2. The molecule has 0 aromatic heterocycles. The van der Waals surface area contributed by atoms with Gasteiger partial charge in [-0.1, -0.05) is 0 Å². The predicted molar refractivity (Wildman–Crippen MR) is 58.1 cm³/mol. The Morgan fingerprint density at radius 3 is 2.37 bits per heavy atom. The standard InChI is InChI=1S/C12H11F4NO2/c13-10-6-8(5-9(7-10)12(14,15)16)11(18)17-1-3-19-4-2-17/h5-7H,1-4H2. The molecule has 1 fully saturated rings. The Kier molecular flexibility index (Phi) is 3.75. The first-order valence-corrected chi connectivity index (χ1v) is 5.63. The quantitative estimate of drug-likeness (QED) is 0.737. The van der Waals surface area contributed by atoms with Crippen LogP contribution in [0.5, 0.6) is 0 Å². The molecule has 1 aromatic carbocycles. The van der Waals surface area contributed by atoms with Crippen LogP contribution in [0.2, 0.25) is 0 Å². The van der Waals surface area contributed by atoms with Crippen LogP contribution >= 0.6 is 0 Å². The molecule has 1 aliphatic heterocycles. The van der Waals surface area contributed by atoms with E-state index in [4.69, 9.17) is 4.74 Å². The number of amides is 1. The van der Waals surface area contributed by atoms with Crippen molar-refractivity contribution in [3.8, 4) is 0 Å². The number of halogens is 4. The van der Waals surface area contributed by atoms with Crippen molar-refractivity contribution in [1.29, 1.82) is 0 Å². The van der Waals surface area contributed by atoms with Gasteiger partial charge in [-0.25, -0.2) is 4.39 Å². The van der Waals surface area contributed by atoms with Crippen LogP contribution in [-0.4, -0.2) is 37.1 Å². The lowest BCUT2D eigenvalue weighted by Gasteiger charge is -2.27. The smallest absolute Gasteiger partial charge is 0.378 e. The van der Waals surface area contributed by atoms with Crippen LogP contribution in [0.25, 0.3) is 0 Å². The van der Waals surface area contributed by atoms with Crippen molar-refractivity contribution >= 4 is 5.91 Å². The zero-order valence-electron chi connectivity index (χ0n) is 9.84. The molecule has 0 spiro atoms. The summed E-state index contributed by atoms with van der Waals surface area (Å²) in [7, 11) is 0. The van der Waals surface area contributed by atoms with E-state index in [9.17, 15) is 22.4 Å². The fourth-order valence-electron chi connectivity index (χ4n) is 1.83. The lowest BCUT2D eigenvalue weighted by Crippen LogP contribution is -2.40. The summed E-state index contributed by atoms with van der Waals surface area (Å²) in [5.41, 5.74) is -1.46. The molecule has 7 heteroatoms. The minimum absolute atomic E-state index is 0.288. The average molecular weight is 277 g/mol. The summed E-state index contributed by atoms with van der Waals surface area (Å²) >= 11 is 0. The van der Waals surface area contributed by atoms with Crippen LogP contribution in [0.4, 0.5) is 17.6 Å². The van der Waals surface area contributed by atoms with Crippen molar-refractivity contribution in [3.63, 3.8) is 0 Å². The Bertz CT molecular complexity index is 481. The summed E-state index contributed by atoms with van der Waals surface area (Å²) < 4.78 is 55.9. The third-order valence-corrected chi connectivity index (χ3v) is 2.77. The number of hydrogen-bond acceptors (Lipinski definition) is 2. The highest BCUT2D eigenvalue weighted by Crippen LogP contribution is 2.30. The molecule has 0 saturated carbocycles. The molecule has 3 nitrogen and oxygen atoms in total. The van der Waals surface area contributed by atoms with Gasteiger partial charge in [0.25, 0.3) is 5.91 Å². The summed E-state index contributed by atoms with van der Waals surface area (Å²) in [6, 6.07) is 1.85. The molecule has 0 bridgehead atoms. The fraction of sp³-hybridized carbons (Fsp3) is 0.417. The van der Waals surface area contributed by atoms with E-state index in [1.807, 2.05) is 0 Å². The van der Waals surface area contributed by atoms with Crippen LogP contribution in [0, 0.1) is 5.82 Å². The highest BCUT2D eigenvalue weighted by molar-refractivity contribution is 5.94. The van der Waals surface area contributed by atoms with Gasteiger partial charge in [-0.2, -0.15) is 13.2 Å². The number of morpholine rings is 1. The van der Waals surface area contributed by atoms with Crippen molar-refractivity contribution in [2.24, 2.45) is 0 Å². The Hall–Kier alpha value is -1.63. The van der Waals surface area contributed by atoms with Gasteiger partial charge in [-0.15, -0.1) is 0 Å². The lowest BCUT2D eigenvalue weighted by atomic mass is 10.1. The monoisotopic (exact) mass is 277 g/mol. The molecule has 1 heterocycles. The molecule has 0 radical (unpaired) electrons. The molecular weight excluding hydrogens is 266 g/mol. The van der Waals surface area contributed by atoms with Crippen LogP contribution in [0.15, 0.2) is 18.2 Å². The van der Waals surface area contributed by atoms with E-state index in [1.165, 1.54) is 4.90 Å². The third-order valence-electron chi connectivity index (χ3n) is 2.77. The predicted octanol–water partition coefficient (Wildman–Crippen LogP) is 2.32. The largest absolute Gasteiger partial charge is 0.416 e. The Morgan fingerprint density at radius 1 is 1.16 bits per heavy atom. The molecule has 1 aromatic rings. The summed E-state index contributed by atoms with van der Waals surface area (Å²) in [5, 5.41) is 0. The van der Waals surface area contributed by atoms with Crippen molar-refractivity contribution in [3.05, 3.63) is 35.1 Å². The highest BCUT2D eigenvalue weighted by Gasteiger charge is 2.32. The molecule has 0 unspecified atom stereocenters. The topological polar surface area (TPSA) is 29.5 Å². The fourth-order valence-corrected chi connectivity index (χ4v) is 1.83. The first-order chi connectivity index (χ1) is 8.88. The second-order valence-electron chi connectivity index (χ2n) is 4.13. The van der Waals surface area contributed by atoms with Crippen molar-refractivity contribution in [2.75, 3.05) is 26.3 Å². The number of rotatable bonds is 1. The van der Waals surface area contributed by atoms with Crippen molar-refractivity contribution in [1.82, 2.24) is 4.90 Å². The van der Waals surface area contributed by atoms with Crippen LogP contribution in [0.1, 0.15) is 15.9 Å². The van der Waals surface area contributed by atoms with Crippen molar-refractivity contribution < 1.29 is 27.1 Å². The van der Waals surface area contributed by atoms with Gasteiger partial charge in [-0.05, 0) is 18.2 Å². The first-order valence-electron chi connectivity index (χ1n) is 5.63. The zero-order valence-corrected chi connectivity index (χ0v) is 9.84. The molecule has 0 atom stereocenters. The number of benzene rings is 1. The van der Waals surface area contributed by atoms with Gasteiger partial charge >= 0.3 is 6.18 Å². The van der Waals surface area contributed by atoms with E-state index >= 15 is 0 Å². The molecule has 1 aliphatic rings. The Labute approximate surface area is 106 Å². The van der Waals surface area contributed by atoms with Crippen LogP contribution in [0.3, 0.4) is 0 Å². The van der Waals surface area contributed by atoms with Gasteiger partial charge in [0.05, 0.1) is 18.8 Å². The number of carbonyl (C=O) groups is 1. The number of ether oxygens (including phenoxy) is 1. The molecule has 0 aliphatic carbocycles. The molecule has 2 rings (SSSR count). The third kappa shape index (κ3) is 3.23. The van der Waals surface area contributed by atoms with Gasteiger partial charge in [0.15, 0.2) is 0 Å². The number of alkyl halides is 3. The summed E-state index contributed by atoms with van der Waals surface area (Å²) in [5.74, 6) is -1.69. The highest BCUT2D eigenvalue weighted by atomic mass is 19.4. The minimum Gasteiger partial charge on any atom is -0.378 e. The van der Waals surface area contributed by atoms with Gasteiger partial charge in [0.2, 0.25) is 0 Å². The molecule has 104 valence electrons. The molecular formula is C12H11F4NO2. The van der Waals surface area contributed by atoms with Gasteiger partial charge in [-0.3, -0.25) is 4.79 Å². The van der Waals surface area contributed by atoms with Gasteiger partial charge < -0.3 is 9.64 Å². The van der Waals surface area contributed by atoms with Crippen LogP contribution < -0.4 is 0 Å². The lowest BCUT2D eigenvalue weighted by molar-refractivity contribution is -0.137. The van der Waals surface area contributed by atoms with Crippen molar-refractivity contribution in [2.45, 2.75) is 6.18 Å². The van der Waals surface area contributed by atoms with Gasteiger partial charge in [0, 0.05) is 18.7 Å². The Morgan fingerprint density at radius 2 is 1.79 bits per heavy atom. The van der Waals surface area contributed by atoms with E-state index in [2.05, 4.69) is 0 Å². The maximum Gasteiger partial charge on any atom is 0.416 e. The number of nitrogens with zero attached hydrogens (tertiary/aromatic N) is 1. The van der Waals surface area contributed by atoms with E-state index in [1.54, 1.807) is 0 Å². The van der Waals surface area contributed by atoms with E-state index in [-0.39, 0.29) is 18.7 Å². The summed E-state index contributed by atoms with van der Waals surface area (Å²) in [6.45, 7) is 1.23. The minimum atomic E-state index is -4.68. The molecule has 19 heavy (non-hydrogen) atoms. The van der Waals surface area contributed by atoms with E-state index < -0.39 is 23.5 Å². The average Bonchev–Trinajstić information content (AvgIpc) is 2.37. The molecule has 0 N–H and O–H groups in total. The second-order valence-corrected chi connectivity index (χ2v) is 4.13. The second kappa shape index (κ2) is 5.16. The Balaban J connectivity index is 2.28. The SMILES string of the molecule is O=C(c1cc(F)cc(C(F)(F)F)c1)N1CCOCC1. The maximum atomic E-state index is 13.2. The zero-order chi connectivity index (χ0) is 14.0. The molecule has 1 saturated heterocycles. The first kappa shape index (κ1) is 13.8. The number of hydrogen-bond donors (Lipinski definition) is 0. The van der Waals surface area contributed by atoms with E-state index in [0.717, 1.165) is 6.07 Å². The normalized spacial score (nSPS) is 16.5. The molecule has 1 amide bonds. The van der Waals surface area contributed by atoms with Crippen LogP contribution in [-0.2, 0) is 10.9 Å². The van der Waals surface area contributed by atoms with E-state index in [0.29, 0.717) is 25.3 Å². The number of carbonyl (C=O) groups excluding carboxylic acids is 1. The summed E-state index contributed by atoms with van der Waals surface area (Å²) in [6.07, 6.45) is -4.68.